The Morgan fingerprint density at radius 1 is 0.885 bits per heavy atom. The van der Waals surface area contributed by atoms with Crippen LogP contribution in [0, 0.1) is 0 Å². The van der Waals surface area contributed by atoms with E-state index in [0.717, 1.165) is 17.6 Å². The van der Waals surface area contributed by atoms with E-state index in [4.69, 9.17) is 0 Å². The van der Waals surface area contributed by atoms with Gasteiger partial charge >= 0.3 is 0 Å². The van der Waals surface area contributed by atoms with Crippen LogP contribution in [-0.2, 0) is 0 Å². The zero-order valence-electron chi connectivity index (χ0n) is 14.6. The van der Waals surface area contributed by atoms with Crippen LogP contribution in [0.5, 0.6) is 0 Å². The lowest BCUT2D eigenvalue weighted by molar-refractivity contribution is 0.589. The summed E-state index contributed by atoms with van der Waals surface area (Å²) in [7, 11) is 2.12. The number of aromatic nitrogens is 3. The van der Waals surface area contributed by atoms with E-state index in [1.54, 1.807) is 11.8 Å². The number of hydrogen-bond acceptors (Lipinski definition) is 4. The van der Waals surface area contributed by atoms with Gasteiger partial charge in [0.25, 0.3) is 0 Å². The summed E-state index contributed by atoms with van der Waals surface area (Å²) in [6.07, 6.45) is 0. The molecule has 0 aliphatic rings. The smallest absolute Gasteiger partial charge is 0.121 e. The van der Waals surface area contributed by atoms with Crippen LogP contribution in [0.25, 0.3) is 11.0 Å². The average Bonchev–Trinajstić information content (AvgIpc) is 3.13. The molecule has 0 fully saturated rings. The van der Waals surface area contributed by atoms with E-state index < -0.39 is 0 Å². The molecule has 4 nitrogen and oxygen atoms in total. The second kappa shape index (κ2) is 7.62. The first kappa shape index (κ1) is 16.7. The van der Waals surface area contributed by atoms with Gasteiger partial charge in [0, 0.05) is 24.2 Å². The second-order valence-electron chi connectivity index (χ2n) is 6.12. The van der Waals surface area contributed by atoms with Crippen molar-refractivity contribution in [3.8, 4) is 0 Å². The second-order valence-corrected chi connectivity index (χ2v) is 7.38. The Bertz CT molecular complexity index is 969. The van der Waals surface area contributed by atoms with Gasteiger partial charge in [-0.25, -0.2) is 4.68 Å². The Balaban J connectivity index is 1.67. The molecule has 0 radical (unpaired) electrons. The van der Waals surface area contributed by atoms with Crippen LogP contribution in [0.3, 0.4) is 0 Å². The maximum absolute atomic E-state index is 4.46. The van der Waals surface area contributed by atoms with Gasteiger partial charge in [-0.2, -0.15) is 0 Å². The van der Waals surface area contributed by atoms with Crippen LogP contribution < -0.4 is 4.90 Å². The zero-order valence-corrected chi connectivity index (χ0v) is 15.4. The number of hydrogen-bond donors (Lipinski definition) is 0. The van der Waals surface area contributed by atoms with E-state index in [1.807, 2.05) is 35.0 Å². The largest absolute Gasteiger partial charge is 0.372 e. The van der Waals surface area contributed by atoms with Gasteiger partial charge < -0.3 is 4.90 Å². The fraction of sp³-hybridized carbons (Fsp3) is 0.143. The molecule has 0 saturated carbocycles. The van der Waals surface area contributed by atoms with Gasteiger partial charge in [0.2, 0.25) is 0 Å². The summed E-state index contributed by atoms with van der Waals surface area (Å²) < 4.78 is 2.03. The van der Waals surface area contributed by atoms with Crippen LogP contribution in [-0.4, -0.2) is 28.6 Å². The van der Waals surface area contributed by atoms with Crippen molar-refractivity contribution in [2.45, 2.75) is 10.3 Å². The van der Waals surface area contributed by atoms with E-state index in [0.29, 0.717) is 0 Å². The molecule has 26 heavy (non-hydrogen) atoms. The third-order valence-electron chi connectivity index (χ3n) is 4.29. The first-order valence-corrected chi connectivity index (χ1v) is 9.47. The molecule has 1 unspecified atom stereocenters. The molecule has 130 valence electrons. The predicted molar refractivity (Wildman–Crippen MR) is 109 cm³/mol. The highest BCUT2D eigenvalue weighted by molar-refractivity contribution is 7.99. The number of anilines is 1. The van der Waals surface area contributed by atoms with E-state index in [1.165, 1.54) is 10.6 Å². The Morgan fingerprint density at radius 3 is 2.31 bits per heavy atom. The van der Waals surface area contributed by atoms with Gasteiger partial charge in [-0.3, -0.25) is 0 Å². The molecule has 1 atom stereocenters. The average molecular weight is 360 g/mol. The highest BCUT2D eigenvalue weighted by Gasteiger charge is 2.19. The minimum Gasteiger partial charge on any atom is -0.372 e. The fourth-order valence-corrected chi connectivity index (χ4v) is 4.12. The van der Waals surface area contributed by atoms with E-state index >= 15 is 0 Å². The summed E-state index contributed by atoms with van der Waals surface area (Å²) >= 11 is 1.80. The minimum atomic E-state index is 0.106. The van der Waals surface area contributed by atoms with Crippen LogP contribution in [0.2, 0.25) is 0 Å². The van der Waals surface area contributed by atoms with Crippen molar-refractivity contribution < 1.29 is 0 Å². The molecule has 0 bridgehead atoms. The summed E-state index contributed by atoms with van der Waals surface area (Å²) in [5.41, 5.74) is 3.17. The minimum absolute atomic E-state index is 0.106. The molecule has 4 aromatic rings. The highest BCUT2D eigenvalue weighted by atomic mass is 32.2. The number of benzene rings is 3. The Morgan fingerprint density at radius 2 is 1.54 bits per heavy atom. The van der Waals surface area contributed by atoms with Gasteiger partial charge in [0.05, 0.1) is 5.52 Å². The molecule has 0 saturated heterocycles. The van der Waals surface area contributed by atoms with Crippen molar-refractivity contribution in [1.82, 2.24) is 15.0 Å². The first-order valence-electron chi connectivity index (χ1n) is 8.59. The SMILES string of the molecule is CN(CC(Sc1ccccc1)n1nnc2ccccc21)c1ccccc1. The molecule has 3 aromatic carbocycles. The topological polar surface area (TPSA) is 34.0 Å². The third-order valence-corrected chi connectivity index (χ3v) is 5.46. The van der Waals surface area contributed by atoms with Gasteiger partial charge in [-0.05, 0) is 36.4 Å². The molecule has 5 heteroatoms. The monoisotopic (exact) mass is 360 g/mol. The van der Waals surface area contributed by atoms with Crippen molar-refractivity contribution in [3.63, 3.8) is 0 Å². The van der Waals surface area contributed by atoms with Crippen LogP contribution in [0.1, 0.15) is 5.37 Å². The molecule has 0 aliphatic carbocycles. The molecule has 1 aromatic heterocycles. The first-order chi connectivity index (χ1) is 12.8. The molecule has 0 aliphatic heterocycles. The lowest BCUT2D eigenvalue weighted by atomic mass is 10.3. The number of para-hydroxylation sites is 2. The summed E-state index contributed by atoms with van der Waals surface area (Å²) in [6, 6.07) is 29.0. The Hall–Kier alpha value is -2.79. The molecule has 1 heterocycles. The van der Waals surface area contributed by atoms with Crippen LogP contribution >= 0.6 is 11.8 Å². The highest BCUT2D eigenvalue weighted by Crippen LogP contribution is 2.33. The van der Waals surface area contributed by atoms with E-state index in [-0.39, 0.29) is 5.37 Å². The molecule has 0 amide bonds. The zero-order chi connectivity index (χ0) is 17.8. The van der Waals surface area contributed by atoms with Crippen molar-refractivity contribution in [2.75, 3.05) is 18.5 Å². The van der Waals surface area contributed by atoms with Crippen molar-refractivity contribution >= 4 is 28.5 Å². The van der Waals surface area contributed by atoms with Crippen LogP contribution in [0.15, 0.2) is 89.8 Å². The number of fused-ring (bicyclic) bond motifs is 1. The molecule has 0 N–H and O–H groups in total. The van der Waals surface area contributed by atoms with Crippen LogP contribution in [0.4, 0.5) is 5.69 Å². The lowest BCUT2D eigenvalue weighted by Gasteiger charge is -2.26. The van der Waals surface area contributed by atoms with Gasteiger partial charge in [-0.15, -0.1) is 5.10 Å². The molecular weight excluding hydrogens is 340 g/mol. The summed E-state index contributed by atoms with van der Waals surface area (Å²) in [5, 5.41) is 8.91. The number of rotatable bonds is 6. The van der Waals surface area contributed by atoms with Crippen molar-refractivity contribution in [2.24, 2.45) is 0 Å². The number of nitrogens with zero attached hydrogens (tertiary/aromatic N) is 4. The Kier molecular flexibility index (Phi) is 4.88. The summed E-state index contributed by atoms with van der Waals surface area (Å²) in [5.74, 6) is 0. The van der Waals surface area contributed by atoms with Gasteiger partial charge in [0.15, 0.2) is 0 Å². The van der Waals surface area contributed by atoms with E-state index in [9.17, 15) is 0 Å². The molecule has 0 spiro atoms. The fourth-order valence-electron chi connectivity index (χ4n) is 2.94. The van der Waals surface area contributed by atoms with Gasteiger partial charge in [0.1, 0.15) is 10.9 Å². The Labute approximate surface area is 157 Å². The summed E-state index contributed by atoms with van der Waals surface area (Å²) in [4.78, 5) is 3.48. The number of likely N-dealkylation sites (N-methyl/N-ethyl adjacent to an activating group) is 1. The molecular formula is C21H20N4S. The maximum Gasteiger partial charge on any atom is 0.121 e. The normalized spacial score (nSPS) is 12.2. The standard InChI is InChI=1S/C21H20N4S/c1-24(17-10-4-2-5-11-17)16-21(26-18-12-6-3-7-13-18)25-20-15-9-8-14-19(20)22-23-25/h2-15,21H,16H2,1H3. The summed E-state index contributed by atoms with van der Waals surface area (Å²) in [6.45, 7) is 0.816. The van der Waals surface area contributed by atoms with Crippen molar-refractivity contribution in [3.05, 3.63) is 84.9 Å². The van der Waals surface area contributed by atoms with Crippen molar-refractivity contribution in [1.29, 1.82) is 0 Å². The third kappa shape index (κ3) is 3.58. The van der Waals surface area contributed by atoms with Gasteiger partial charge in [-0.1, -0.05) is 65.5 Å². The van der Waals surface area contributed by atoms with E-state index in [2.05, 4.69) is 76.9 Å². The predicted octanol–water partition coefficient (Wildman–Crippen LogP) is 4.86. The number of thioether (sulfide) groups is 1. The molecule has 4 rings (SSSR count). The lowest BCUT2D eigenvalue weighted by Crippen LogP contribution is -2.26. The maximum atomic E-state index is 4.46. The quantitative estimate of drug-likeness (QED) is 0.460.